The Morgan fingerprint density at radius 3 is 2.65 bits per heavy atom. The summed E-state index contributed by atoms with van der Waals surface area (Å²) in [5, 5.41) is 3.60. The van der Waals surface area contributed by atoms with Gasteiger partial charge in [0.15, 0.2) is 0 Å². The molecule has 4 aliphatic rings. The normalized spacial score (nSPS) is 43.0. The van der Waals surface area contributed by atoms with E-state index in [9.17, 15) is 4.79 Å². The third-order valence-electron chi connectivity index (χ3n) is 5.96. The zero-order valence-corrected chi connectivity index (χ0v) is 12.1. The first-order chi connectivity index (χ1) is 9.76. The molecule has 2 bridgehead atoms. The molecule has 0 aromatic heterocycles. The van der Waals surface area contributed by atoms with E-state index in [1.807, 2.05) is 0 Å². The van der Waals surface area contributed by atoms with Gasteiger partial charge in [0, 0.05) is 43.7 Å². The van der Waals surface area contributed by atoms with Crippen molar-refractivity contribution < 1.29 is 14.3 Å². The van der Waals surface area contributed by atoms with Crippen LogP contribution in [0.15, 0.2) is 0 Å². The minimum Gasteiger partial charge on any atom is -0.381 e. The van der Waals surface area contributed by atoms with Gasteiger partial charge in [0.05, 0.1) is 5.60 Å². The Morgan fingerprint density at radius 1 is 1.10 bits per heavy atom. The lowest BCUT2D eigenvalue weighted by Gasteiger charge is -2.43. The second-order valence-corrected chi connectivity index (χ2v) is 7.13. The van der Waals surface area contributed by atoms with Crippen LogP contribution < -0.4 is 5.32 Å². The summed E-state index contributed by atoms with van der Waals surface area (Å²) in [6, 6.07) is 1.09. The van der Waals surface area contributed by atoms with E-state index in [1.54, 1.807) is 0 Å². The predicted molar refractivity (Wildman–Crippen MR) is 74.5 cm³/mol. The molecule has 1 spiro atoms. The summed E-state index contributed by atoms with van der Waals surface area (Å²) in [6.07, 6.45) is 7.33. The van der Waals surface area contributed by atoms with E-state index < -0.39 is 0 Å². The molecule has 20 heavy (non-hydrogen) atoms. The maximum atomic E-state index is 12.9. The number of hydrogen-bond acceptors (Lipinski definition) is 4. The quantitative estimate of drug-likeness (QED) is 0.835. The highest BCUT2D eigenvalue weighted by Gasteiger charge is 2.47. The molecule has 4 rings (SSSR count). The van der Waals surface area contributed by atoms with Gasteiger partial charge >= 0.3 is 0 Å². The number of nitrogens with one attached hydrogen (secondary N) is 1. The van der Waals surface area contributed by atoms with Crippen LogP contribution in [0.4, 0.5) is 0 Å². The Morgan fingerprint density at radius 2 is 1.95 bits per heavy atom. The summed E-state index contributed by atoms with van der Waals surface area (Å²) in [7, 11) is 0. The SMILES string of the molecule is O=C(C1CCOC2(CCOCC2)C1)C1CC2CCC1N2. The molecule has 0 amide bonds. The first-order valence-corrected chi connectivity index (χ1v) is 8.27. The van der Waals surface area contributed by atoms with Gasteiger partial charge < -0.3 is 14.8 Å². The summed E-state index contributed by atoms with van der Waals surface area (Å²) in [5.41, 5.74) is -0.0537. The van der Waals surface area contributed by atoms with Gasteiger partial charge in [0.2, 0.25) is 0 Å². The average molecular weight is 279 g/mol. The predicted octanol–water partition coefficient (Wildman–Crippen LogP) is 1.67. The van der Waals surface area contributed by atoms with Crippen molar-refractivity contribution in [1.82, 2.24) is 5.32 Å². The van der Waals surface area contributed by atoms with Crippen LogP contribution in [0.3, 0.4) is 0 Å². The monoisotopic (exact) mass is 279 g/mol. The van der Waals surface area contributed by atoms with Crippen LogP contribution in [0.25, 0.3) is 0 Å². The zero-order chi connectivity index (χ0) is 13.6. The molecule has 0 saturated carbocycles. The van der Waals surface area contributed by atoms with Crippen molar-refractivity contribution in [3.63, 3.8) is 0 Å². The molecule has 112 valence electrons. The Labute approximate surface area is 120 Å². The number of carbonyl (C=O) groups is 1. The molecule has 4 unspecified atom stereocenters. The molecule has 4 aliphatic heterocycles. The third-order valence-corrected chi connectivity index (χ3v) is 5.96. The van der Waals surface area contributed by atoms with Gasteiger partial charge in [-0.25, -0.2) is 0 Å². The van der Waals surface area contributed by atoms with Gasteiger partial charge in [0.1, 0.15) is 5.78 Å². The number of Topliss-reactive ketones (excluding diaryl/α,β-unsaturated/α-hetero) is 1. The highest BCUT2D eigenvalue weighted by molar-refractivity contribution is 5.85. The number of hydrogen-bond donors (Lipinski definition) is 1. The fraction of sp³-hybridized carbons (Fsp3) is 0.938. The number of carbonyl (C=O) groups excluding carboxylic acids is 1. The Hall–Kier alpha value is -0.450. The minimum atomic E-state index is -0.0537. The lowest BCUT2D eigenvalue weighted by molar-refractivity contribution is -0.159. The molecule has 4 heteroatoms. The van der Waals surface area contributed by atoms with Crippen molar-refractivity contribution >= 4 is 5.78 Å². The second kappa shape index (κ2) is 5.08. The van der Waals surface area contributed by atoms with Gasteiger partial charge in [-0.2, -0.15) is 0 Å². The van der Waals surface area contributed by atoms with Crippen LogP contribution in [-0.2, 0) is 14.3 Å². The molecule has 0 aromatic rings. The van der Waals surface area contributed by atoms with Gasteiger partial charge in [-0.3, -0.25) is 4.79 Å². The van der Waals surface area contributed by atoms with E-state index >= 15 is 0 Å². The van der Waals surface area contributed by atoms with Crippen molar-refractivity contribution in [3.05, 3.63) is 0 Å². The number of ketones is 1. The summed E-state index contributed by atoms with van der Waals surface area (Å²) in [6.45, 7) is 2.33. The van der Waals surface area contributed by atoms with Gasteiger partial charge in [-0.05, 0) is 44.9 Å². The highest BCUT2D eigenvalue weighted by atomic mass is 16.5. The van der Waals surface area contributed by atoms with Crippen LogP contribution in [0.5, 0.6) is 0 Å². The van der Waals surface area contributed by atoms with E-state index in [-0.39, 0.29) is 17.4 Å². The minimum absolute atomic E-state index is 0.0537. The highest BCUT2D eigenvalue weighted by Crippen LogP contribution is 2.41. The molecule has 0 aliphatic carbocycles. The molecule has 4 heterocycles. The van der Waals surface area contributed by atoms with Crippen LogP contribution in [0, 0.1) is 11.8 Å². The molecule has 1 N–H and O–H groups in total. The number of ether oxygens (including phenoxy) is 2. The smallest absolute Gasteiger partial charge is 0.140 e. The maximum absolute atomic E-state index is 12.9. The Kier molecular flexibility index (Phi) is 3.36. The number of fused-ring (bicyclic) bond motifs is 2. The van der Waals surface area contributed by atoms with Crippen molar-refractivity contribution in [2.24, 2.45) is 11.8 Å². The van der Waals surface area contributed by atoms with Crippen molar-refractivity contribution in [1.29, 1.82) is 0 Å². The van der Waals surface area contributed by atoms with Crippen LogP contribution in [0.1, 0.15) is 44.9 Å². The fourth-order valence-electron chi connectivity index (χ4n) is 4.80. The standard InChI is InChI=1S/C16H25NO3/c18-15(13-9-12-1-2-14(13)17-12)11-3-6-20-16(10-11)4-7-19-8-5-16/h11-14,17H,1-10H2. The average Bonchev–Trinajstić information content (AvgIpc) is 3.10. The first kappa shape index (κ1) is 13.2. The molecular formula is C16H25NO3. The third kappa shape index (κ3) is 2.22. The lowest BCUT2D eigenvalue weighted by atomic mass is 9.74. The fourth-order valence-corrected chi connectivity index (χ4v) is 4.80. The van der Waals surface area contributed by atoms with Crippen LogP contribution in [-0.4, -0.2) is 43.3 Å². The first-order valence-electron chi connectivity index (χ1n) is 8.27. The summed E-state index contributed by atoms with van der Waals surface area (Å²) < 4.78 is 11.5. The van der Waals surface area contributed by atoms with Crippen LogP contribution in [0.2, 0.25) is 0 Å². The largest absolute Gasteiger partial charge is 0.381 e. The second-order valence-electron chi connectivity index (χ2n) is 7.13. The molecule has 4 saturated heterocycles. The maximum Gasteiger partial charge on any atom is 0.140 e. The van der Waals surface area contributed by atoms with Crippen molar-refractivity contribution in [3.8, 4) is 0 Å². The summed E-state index contributed by atoms with van der Waals surface area (Å²) in [5.74, 6) is 1.04. The van der Waals surface area contributed by atoms with Gasteiger partial charge in [0.25, 0.3) is 0 Å². The Bertz CT molecular complexity index is 386. The zero-order valence-electron chi connectivity index (χ0n) is 12.1. The molecule has 4 atom stereocenters. The molecule has 0 radical (unpaired) electrons. The molecule has 0 aromatic carbocycles. The van der Waals surface area contributed by atoms with Crippen molar-refractivity contribution in [2.45, 2.75) is 62.6 Å². The van der Waals surface area contributed by atoms with Crippen LogP contribution >= 0.6 is 0 Å². The summed E-state index contributed by atoms with van der Waals surface area (Å²) >= 11 is 0. The van der Waals surface area contributed by atoms with Gasteiger partial charge in [-0.1, -0.05) is 0 Å². The molecule has 4 nitrogen and oxygen atoms in total. The van der Waals surface area contributed by atoms with Crippen molar-refractivity contribution in [2.75, 3.05) is 19.8 Å². The molecule has 4 fully saturated rings. The van der Waals surface area contributed by atoms with E-state index in [2.05, 4.69) is 5.32 Å². The number of rotatable bonds is 2. The molecular weight excluding hydrogens is 254 g/mol. The lowest BCUT2D eigenvalue weighted by Crippen LogP contribution is -2.47. The van der Waals surface area contributed by atoms with E-state index in [0.29, 0.717) is 17.9 Å². The van der Waals surface area contributed by atoms with E-state index in [1.165, 1.54) is 12.8 Å². The van der Waals surface area contributed by atoms with Gasteiger partial charge in [-0.15, -0.1) is 0 Å². The van der Waals surface area contributed by atoms with E-state index in [4.69, 9.17) is 9.47 Å². The Balaban J connectivity index is 1.44. The topological polar surface area (TPSA) is 47.6 Å². The summed E-state index contributed by atoms with van der Waals surface area (Å²) in [4.78, 5) is 12.9. The van der Waals surface area contributed by atoms with E-state index in [0.717, 1.165) is 51.9 Å².